The molecule has 0 aliphatic carbocycles. The number of likely N-dealkylation sites (N-methyl/N-ethyl adjacent to an activating group) is 1. The molecule has 0 aromatic heterocycles. The molecule has 4 heteroatoms. The average Bonchev–Trinajstić information content (AvgIpc) is 1.91. The van der Waals surface area contributed by atoms with Crippen LogP contribution >= 0.6 is 0 Å². The molecule has 0 heterocycles. The first kappa shape index (κ1) is 11.0. The lowest BCUT2D eigenvalue weighted by Gasteiger charge is -2.03. The van der Waals surface area contributed by atoms with E-state index in [0.717, 1.165) is 0 Å². The average molecular weight is 131 g/mol. The lowest BCUT2D eigenvalue weighted by Crippen LogP contribution is -2.18. The number of nitrogens with two attached hydrogens (primary N) is 2. The molecule has 0 fully saturated rings. The van der Waals surface area contributed by atoms with Crippen LogP contribution < -0.4 is 11.7 Å². The number of hydrogen-bond donors (Lipinski definition) is 2. The predicted molar refractivity (Wildman–Crippen MR) is 37.3 cm³/mol. The standard InChI is InChI=1S/C5H9NO.H4N2/c1-4-5(7)6(2)3;1-2/h4H,1H2,2-3H3;1-2H2. The van der Waals surface area contributed by atoms with Crippen LogP contribution in [0.3, 0.4) is 0 Å². The van der Waals surface area contributed by atoms with Gasteiger partial charge in [0.05, 0.1) is 0 Å². The molecule has 0 radical (unpaired) electrons. The molecule has 0 aliphatic heterocycles. The molecule has 9 heavy (non-hydrogen) atoms. The van der Waals surface area contributed by atoms with Crippen molar-refractivity contribution >= 4 is 5.91 Å². The van der Waals surface area contributed by atoms with Crippen LogP contribution in [0.15, 0.2) is 12.7 Å². The van der Waals surface area contributed by atoms with E-state index >= 15 is 0 Å². The van der Waals surface area contributed by atoms with Gasteiger partial charge in [0.1, 0.15) is 0 Å². The third kappa shape index (κ3) is 7.13. The van der Waals surface area contributed by atoms with Crippen molar-refractivity contribution in [2.75, 3.05) is 14.1 Å². The highest BCUT2D eigenvalue weighted by molar-refractivity contribution is 5.86. The highest BCUT2D eigenvalue weighted by Crippen LogP contribution is 1.74. The van der Waals surface area contributed by atoms with Gasteiger partial charge in [0.15, 0.2) is 0 Å². The minimum absolute atomic E-state index is 0.0556. The van der Waals surface area contributed by atoms with E-state index in [1.54, 1.807) is 14.1 Å². The molecule has 0 rings (SSSR count). The first-order valence-corrected chi connectivity index (χ1v) is 2.35. The van der Waals surface area contributed by atoms with Gasteiger partial charge in [-0.3, -0.25) is 16.5 Å². The Morgan fingerprint density at radius 1 is 1.56 bits per heavy atom. The summed E-state index contributed by atoms with van der Waals surface area (Å²) in [4.78, 5) is 11.8. The third-order valence-corrected chi connectivity index (χ3v) is 0.615. The van der Waals surface area contributed by atoms with Crippen LogP contribution in [-0.2, 0) is 4.79 Å². The molecule has 0 unspecified atom stereocenters. The Morgan fingerprint density at radius 3 is 1.89 bits per heavy atom. The number of hydrazine groups is 1. The van der Waals surface area contributed by atoms with Crippen LogP contribution in [0.2, 0.25) is 0 Å². The van der Waals surface area contributed by atoms with Gasteiger partial charge >= 0.3 is 0 Å². The minimum atomic E-state index is -0.0556. The summed E-state index contributed by atoms with van der Waals surface area (Å²) in [5.74, 6) is 7.94. The Bertz CT molecular complexity index is 90.2. The van der Waals surface area contributed by atoms with E-state index < -0.39 is 0 Å². The molecular formula is C5H13N3O. The Morgan fingerprint density at radius 2 is 1.89 bits per heavy atom. The van der Waals surface area contributed by atoms with E-state index in [1.807, 2.05) is 0 Å². The quantitative estimate of drug-likeness (QED) is 0.274. The Kier molecular flexibility index (Phi) is 8.71. The van der Waals surface area contributed by atoms with Crippen molar-refractivity contribution in [3.8, 4) is 0 Å². The minimum Gasteiger partial charge on any atom is -0.345 e. The topological polar surface area (TPSA) is 72.3 Å². The Labute approximate surface area is 55.1 Å². The van der Waals surface area contributed by atoms with Gasteiger partial charge < -0.3 is 4.90 Å². The van der Waals surface area contributed by atoms with Crippen molar-refractivity contribution in [1.82, 2.24) is 4.90 Å². The number of carbonyl (C=O) groups is 1. The number of hydrogen-bond acceptors (Lipinski definition) is 3. The smallest absolute Gasteiger partial charge is 0.245 e. The molecular weight excluding hydrogens is 118 g/mol. The molecule has 1 amide bonds. The fourth-order valence-electron chi connectivity index (χ4n) is 0.183. The van der Waals surface area contributed by atoms with Crippen LogP contribution in [0.25, 0.3) is 0 Å². The molecule has 4 nitrogen and oxygen atoms in total. The second-order valence-corrected chi connectivity index (χ2v) is 1.44. The van der Waals surface area contributed by atoms with Crippen LogP contribution in [0.4, 0.5) is 0 Å². The van der Waals surface area contributed by atoms with Crippen LogP contribution in [0.1, 0.15) is 0 Å². The fraction of sp³-hybridized carbons (Fsp3) is 0.400. The monoisotopic (exact) mass is 131 g/mol. The van der Waals surface area contributed by atoms with Gasteiger partial charge in [-0.2, -0.15) is 0 Å². The van der Waals surface area contributed by atoms with Gasteiger partial charge in [-0.15, -0.1) is 0 Å². The molecule has 0 aromatic carbocycles. The summed E-state index contributed by atoms with van der Waals surface area (Å²) in [6.45, 7) is 3.29. The van der Waals surface area contributed by atoms with E-state index in [4.69, 9.17) is 0 Å². The molecule has 54 valence electrons. The Hall–Kier alpha value is -0.870. The summed E-state index contributed by atoms with van der Waals surface area (Å²) in [6.07, 6.45) is 1.28. The van der Waals surface area contributed by atoms with Crippen molar-refractivity contribution in [1.29, 1.82) is 0 Å². The maximum absolute atomic E-state index is 10.3. The zero-order valence-electron chi connectivity index (χ0n) is 5.79. The van der Waals surface area contributed by atoms with Gasteiger partial charge in [-0.05, 0) is 6.08 Å². The van der Waals surface area contributed by atoms with E-state index in [-0.39, 0.29) is 5.91 Å². The van der Waals surface area contributed by atoms with Crippen LogP contribution in [-0.4, -0.2) is 24.9 Å². The lowest BCUT2D eigenvalue weighted by atomic mass is 10.5. The SMILES string of the molecule is C=CC(=O)N(C)C.NN. The van der Waals surface area contributed by atoms with Gasteiger partial charge in [-0.1, -0.05) is 6.58 Å². The van der Waals surface area contributed by atoms with Crippen molar-refractivity contribution < 1.29 is 4.79 Å². The number of carbonyl (C=O) groups excluding carboxylic acids is 1. The maximum atomic E-state index is 10.3. The summed E-state index contributed by atoms with van der Waals surface area (Å²) in [7, 11) is 3.37. The normalized spacial score (nSPS) is 6.67. The molecule has 0 aromatic rings. The number of nitrogens with zero attached hydrogens (tertiary/aromatic N) is 1. The molecule has 0 saturated heterocycles. The van der Waals surface area contributed by atoms with E-state index in [2.05, 4.69) is 18.3 Å². The summed E-state index contributed by atoms with van der Waals surface area (Å²) in [5.41, 5.74) is 0. The van der Waals surface area contributed by atoms with Crippen LogP contribution in [0, 0.1) is 0 Å². The molecule has 0 bridgehead atoms. The second kappa shape index (κ2) is 7.13. The zero-order valence-corrected chi connectivity index (χ0v) is 5.79. The molecule has 0 aliphatic rings. The Balaban J connectivity index is 0. The third-order valence-electron chi connectivity index (χ3n) is 0.615. The summed E-state index contributed by atoms with van der Waals surface area (Å²) < 4.78 is 0. The van der Waals surface area contributed by atoms with Gasteiger partial charge in [0.25, 0.3) is 0 Å². The van der Waals surface area contributed by atoms with E-state index in [0.29, 0.717) is 0 Å². The number of amides is 1. The first-order valence-electron chi connectivity index (χ1n) is 2.35. The van der Waals surface area contributed by atoms with Crippen molar-refractivity contribution in [3.05, 3.63) is 12.7 Å². The largest absolute Gasteiger partial charge is 0.345 e. The molecule has 0 atom stereocenters. The van der Waals surface area contributed by atoms with Crippen molar-refractivity contribution in [3.63, 3.8) is 0 Å². The highest BCUT2D eigenvalue weighted by Gasteiger charge is 1.91. The zero-order chi connectivity index (χ0) is 7.86. The number of rotatable bonds is 1. The van der Waals surface area contributed by atoms with E-state index in [1.165, 1.54) is 11.0 Å². The molecule has 0 saturated carbocycles. The van der Waals surface area contributed by atoms with Crippen molar-refractivity contribution in [2.24, 2.45) is 11.7 Å². The second-order valence-electron chi connectivity index (χ2n) is 1.44. The van der Waals surface area contributed by atoms with Crippen LogP contribution in [0.5, 0.6) is 0 Å². The lowest BCUT2D eigenvalue weighted by molar-refractivity contribution is -0.123. The van der Waals surface area contributed by atoms with Gasteiger partial charge in [0, 0.05) is 14.1 Å². The predicted octanol–water partition coefficient (Wildman–Crippen LogP) is -0.921. The molecule has 0 spiro atoms. The molecule has 4 N–H and O–H groups in total. The van der Waals surface area contributed by atoms with Gasteiger partial charge in [-0.25, -0.2) is 0 Å². The van der Waals surface area contributed by atoms with Crippen molar-refractivity contribution in [2.45, 2.75) is 0 Å². The summed E-state index contributed by atoms with van der Waals surface area (Å²) in [6, 6.07) is 0. The summed E-state index contributed by atoms with van der Waals surface area (Å²) in [5, 5.41) is 0. The van der Waals surface area contributed by atoms with Gasteiger partial charge in [0.2, 0.25) is 5.91 Å². The summed E-state index contributed by atoms with van der Waals surface area (Å²) >= 11 is 0. The maximum Gasteiger partial charge on any atom is 0.245 e. The fourth-order valence-corrected chi connectivity index (χ4v) is 0.183. The highest BCUT2D eigenvalue weighted by atomic mass is 16.2. The first-order chi connectivity index (χ1) is 4.18. The van der Waals surface area contributed by atoms with E-state index in [9.17, 15) is 4.79 Å².